The largest absolute Gasteiger partial charge is 0.303 e. The summed E-state index contributed by atoms with van der Waals surface area (Å²) >= 11 is 2.02. The number of rotatable bonds is 3. The number of aldehydes is 1. The molecule has 0 spiro atoms. The van der Waals surface area contributed by atoms with E-state index in [1.165, 1.54) is 17.9 Å². The molecule has 1 aliphatic heterocycles. The first-order valence-electron chi connectivity index (χ1n) is 3.45. The molecule has 0 bridgehead atoms. The van der Waals surface area contributed by atoms with Gasteiger partial charge in [0.2, 0.25) is 0 Å². The van der Waals surface area contributed by atoms with Crippen LogP contribution < -0.4 is 0 Å². The lowest BCUT2D eigenvalue weighted by Crippen LogP contribution is -1.96. The van der Waals surface area contributed by atoms with E-state index in [4.69, 9.17) is 0 Å². The zero-order valence-corrected chi connectivity index (χ0v) is 6.32. The van der Waals surface area contributed by atoms with E-state index in [-0.39, 0.29) is 0 Å². The molecule has 0 N–H and O–H groups in total. The van der Waals surface area contributed by atoms with Crippen LogP contribution in [0.2, 0.25) is 0 Å². The van der Waals surface area contributed by atoms with Crippen molar-refractivity contribution in [3.63, 3.8) is 0 Å². The Labute approximate surface area is 60.2 Å². The van der Waals surface area contributed by atoms with Gasteiger partial charge in [-0.2, -0.15) is 11.8 Å². The predicted molar refractivity (Wildman–Crippen MR) is 40.7 cm³/mol. The average Bonchev–Trinajstić information content (AvgIpc) is 2.34. The maximum Gasteiger partial charge on any atom is 0.120 e. The average molecular weight is 144 g/mol. The fourth-order valence-corrected chi connectivity index (χ4v) is 2.45. The first-order valence-corrected chi connectivity index (χ1v) is 4.60. The highest BCUT2D eigenvalue weighted by Gasteiger charge is 2.13. The Morgan fingerprint density at radius 2 is 2.56 bits per heavy atom. The maximum absolute atomic E-state index is 9.95. The molecule has 0 saturated carbocycles. The Hall–Kier alpha value is 0.0200. The number of carbonyl (C=O) groups is 1. The molecule has 1 unspecified atom stereocenters. The molecular weight excluding hydrogens is 132 g/mol. The quantitative estimate of drug-likeness (QED) is 0.561. The van der Waals surface area contributed by atoms with Crippen molar-refractivity contribution in [2.24, 2.45) is 5.92 Å². The first-order chi connectivity index (χ1) is 4.43. The second-order valence-corrected chi connectivity index (χ2v) is 3.62. The highest BCUT2D eigenvalue weighted by atomic mass is 32.2. The Kier molecular flexibility index (Phi) is 3.12. The molecule has 0 aromatic carbocycles. The molecule has 1 atom stereocenters. The van der Waals surface area contributed by atoms with Crippen molar-refractivity contribution in [2.45, 2.75) is 19.3 Å². The van der Waals surface area contributed by atoms with Gasteiger partial charge in [0.15, 0.2) is 0 Å². The molecule has 1 nitrogen and oxygen atoms in total. The Balaban J connectivity index is 2.04. The molecule has 0 amide bonds. The van der Waals surface area contributed by atoms with Gasteiger partial charge in [0.05, 0.1) is 0 Å². The summed E-state index contributed by atoms with van der Waals surface area (Å²) in [5, 5.41) is 0. The van der Waals surface area contributed by atoms with E-state index < -0.39 is 0 Å². The molecule has 2 heteroatoms. The Bertz CT molecular complexity index is 86.9. The summed E-state index contributed by atoms with van der Waals surface area (Å²) in [6.45, 7) is 0. The predicted octanol–water partition coefficient (Wildman–Crippen LogP) is 1.72. The van der Waals surface area contributed by atoms with Crippen molar-refractivity contribution in [1.82, 2.24) is 0 Å². The monoisotopic (exact) mass is 144 g/mol. The van der Waals surface area contributed by atoms with E-state index in [9.17, 15) is 4.79 Å². The van der Waals surface area contributed by atoms with E-state index in [2.05, 4.69) is 0 Å². The molecule has 0 aromatic rings. The topological polar surface area (TPSA) is 17.1 Å². The minimum atomic E-state index is 0.769. The minimum Gasteiger partial charge on any atom is -0.303 e. The van der Waals surface area contributed by atoms with Crippen LogP contribution in [-0.2, 0) is 4.79 Å². The summed E-state index contributed by atoms with van der Waals surface area (Å²) in [5.41, 5.74) is 0. The van der Waals surface area contributed by atoms with Gasteiger partial charge in [-0.3, -0.25) is 0 Å². The van der Waals surface area contributed by atoms with Gasteiger partial charge >= 0.3 is 0 Å². The third-order valence-electron chi connectivity index (χ3n) is 1.72. The SMILES string of the molecule is O=CCCC1CCSC1. The number of carbonyl (C=O) groups excluding carboxylic acids is 1. The van der Waals surface area contributed by atoms with Crippen LogP contribution in [0.3, 0.4) is 0 Å². The van der Waals surface area contributed by atoms with Gasteiger partial charge in [0.1, 0.15) is 6.29 Å². The van der Waals surface area contributed by atoms with Crippen molar-refractivity contribution < 1.29 is 4.79 Å². The summed E-state index contributed by atoms with van der Waals surface area (Å²) in [7, 11) is 0. The van der Waals surface area contributed by atoms with Gasteiger partial charge in [-0.05, 0) is 30.3 Å². The molecule has 0 radical (unpaired) electrons. The van der Waals surface area contributed by atoms with Crippen LogP contribution in [0.25, 0.3) is 0 Å². The van der Waals surface area contributed by atoms with Crippen LogP contribution in [-0.4, -0.2) is 17.8 Å². The van der Waals surface area contributed by atoms with Crippen LogP contribution in [0.1, 0.15) is 19.3 Å². The van der Waals surface area contributed by atoms with Gasteiger partial charge in [-0.25, -0.2) is 0 Å². The van der Waals surface area contributed by atoms with Gasteiger partial charge in [0, 0.05) is 6.42 Å². The van der Waals surface area contributed by atoms with E-state index >= 15 is 0 Å². The van der Waals surface area contributed by atoms with Crippen molar-refractivity contribution in [2.75, 3.05) is 11.5 Å². The highest BCUT2D eigenvalue weighted by molar-refractivity contribution is 7.99. The molecule has 1 aliphatic rings. The summed E-state index contributed by atoms with van der Waals surface area (Å²) < 4.78 is 0. The van der Waals surface area contributed by atoms with Gasteiger partial charge in [-0.15, -0.1) is 0 Å². The van der Waals surface area contributed by atoms with Gasteiger partial charge in [0.25, 0.3) is 0 Å². The number of hydrogen-bond donors (Lipinski definition) is 0. The van der Waals surface area contributed by atoms with Crippen LogP contribution in [0.15, 0.2) is 0 Å². The van der Waals surface area contributed by atoms with Crippen LogP contribution >= 0.6 is 11.8 Å². The lowest BCUT2D eigenvalue weighted by Gasteiger charge is -2.01. The number of hydrogen-bond acceptors (Lipinski definition) is 2. The van der Waals surface area contributed by atoms with E-state index in [0.717, 1.165) is 25.0 Å². The minimum absolute atomic E-state index is 0.769. The maximum atomic E-state index is 9.95. The van der Waals surface area contributed by atoms with E-state index in [1.807, 2.05) is 11.8 Å². The third kappa shape index (κ3) is 2.39. The van der Waals surface area contributed by atoms with Crippen molar-refractivity contribution >= 4 is 18.0 Å². The normalized spacial score (nSPS) is 26.4. The van der Waals surface area contributed by atoms with Gasteiger partial charge in [-0.1, -0.05) is 0 Å². The van der Waals surface area contributed by atoms with E-state index in [1.54, 1.807) is 0 Å². The van der Waals surface area contributed by atoms with Crippen LogP contribution in [0, 0.1) is 5.92 Å². The smallest absolute Gasteiger partial charge is 0.120 e. The third-order valence-corrected chi connectivity index (χ3v) is 2.95. The zero-order chi connectivity index (χ0) is 6.53. The fourth-order valence-electron chi connectivity index (χ4n) is 1.11. The molecule has 0 aromatic heterocycles. The summed E-state index contributed by atoms with van der Waals surface area (Å²) in [4.78, 5) is 9.95. The molecule has 9 heavy (non-hydrogen) atoms. The van der Waals surface area contributed by atoms with Crippen LogP contribution in [0.5, 0.6) is 0 Å². The zero-order valence-electron chi connectivity index (χ0n) is 5.51. The molecule has 52 valence electrons. The highest BCUT2D eigenvalue weighted by Crippen LogP contribution is 2.26. The molecular formula is C7H12OS. The second-order valence-electron chi connectivity index (χ2n) is 2.47. The molecule has 1 saturated heterocycles. The molecule has 1 heterocycles. The van der Waals surface area contributed by atoms with Crippen LogP contribution in [0.4, 0.5) is 0 Å². The fraction of sp³-hybridized carbons (Fsp3) is 0.857. The Morgan fingerprint density at radius 3 is 3.11 bits per heavy atom. The van der Waals surface area contributed by atoms with Crippen molar-refractivity contribution in [3.05, 3.63) is 0 Å². The lowest BCUT2D eigenvalue weighted by atomic mass is 10.0. The second kappa shape index (κ2) is 3.94. The van der Waals surface area contributed by atoms with Crippen molar-refractivity contribution in [3.8, 4) is 0 Å². The summed E-state index contributed by atoms with van der Waals surface area (Å²) in [6, 6.07) is 0. The summed E-state index contributed by atoms with van der Waals surface area (Å²) in [5.74, 6) is 3.44. The van der Waals surface area contributed by atoms with Crippen molar-refractivity contribution in [1.29, 1.82) is 0 Å². The molecule has 1 fully saturated rings. The standard InChI is InChI=1S/C7H12OS/c8-4-1-2-7-3-5-9-6-7/h4,7H,1-3,5-6H2. The first kappa shape index (κ1) is 7.13. The summed E-state index contributed by atoms with van der Waals surface area (Å²) in [6.07, 6.45) is 4.25. The number of thioether (sulfide) groups is 1. The van der Waals surface area contributed by atoms with E-state index in [0.29, 0.717) is 0 Å². The van der Waals surface area contributed by atoms with Gasteiger partial charge < -0.3 is 4.79 Å². The molecule has 1 rings (SSSR count). The molecule has 0 aliphatic carbocycles. The Morgan fingerprint density at radius 1 is 1.67 bits per heavy atom. The lowest BCUT2D eigenvalue weighted by molar-refractivity contribution is -0.108.